The van der Waals surface area contributed by atoms with Gasteiger partial charge in [-0.2, -0.15) is 0 Å². The number of rotatable bonds is 8. The largest absolute Gasteiger partial charge is 0.383 e. The minimum absolute atomic E-state index is 0.511. The molecule has 0 atom stereocenters. The third kappa shape index (κ3) is 4.06. The molecule has 0 bridgehead atoms. The monoisotopic (exact) mass is 263 g/mol. The van der Waals surface area contributed by atoms with E-state index < -0.39 is 0 Å². The first-order valence-electron chi connectivity index (χ1n) is 6.99. The van der Waals surface area contributed by atoms with Gasteiger partial charge in [-0.15, -0.1) is 0 Å². The number of nitrogens with zero attached hydrogens (tertiary/aromatic N) is 1. The van der Waals surface area contributed by atoms with E-state index in [4.69, 9.17) is 4.74 Å². The van der Waals surface area contributed by atoms with Gasteiger partial charge in [-0.1, -0.05) is 13.8 Å². The van der Waals surface area contributed by atoms with Gasteiger partial charge in [0.25, 0.3) is 0 Å². The Hall–Kier alpha value is -1.35. The smallest absolute Gasteiger partial charge is 0.150 e. The zero-order valence-corrected chi connectivity index (χ0v) is 12.5. The van der Waals surface area contributed by atoms with E-state index in [-0.39, 0.29) is 0 Å². The Labute approximate surface area is 116 Å². The van der Waals surface area contributed by atoms with Gasteiger partial charge in [0.1, 0.15) is 6.29 Å². The van der Waals surface area contributed by atoms with Gasteiger partial charge < -0.3 is 9.64 Å². The van der Waals surface area contributed by atoms with Crippen molar-refractivity contribution in [1.82, 2.24) is 0 Å². The highest BCUT2D eigenvalue weighted by molar-refractivity contribution is 5.78. The van der Waals surface area contributed by atoms with Gasteiger partial charge in [0.05, 0.1) is 6.61 Å². The number of ether oxygens (including phenoxy) is 1. The third-order valence-electron chi connectivity index (χ3n) is 3.63. The molecule has 0 spiro atoms. The summed E-state index contributed by atoms with van der Waals surface area (Å²) in [4.78, 5) is 13.3. The summed E-state index contributed by atoms with van der Waals surface area (Å²) in [5.41, 5.74) is 2.97. The molecule has 19 heavy (non-hydrogen) atoms. The number of aldehydes is 1. The van der Waals surface area contributed by atoms with Crippen LogP contribution in [-0.2, 0) is 4.74 Å². The molecular weight excluding hydrogens is 238 g/mol. The lowest BCUT2D eigenvalue weighted by atomic mass is 10.1. The number of hydrogen-bond acceptors (Lipinski definition) is 3. The van der Waals surface area contributed by atoms with Crippen LogP contribution in [0.15, 0.2) is 18.2 Å². The summed E-state index contributed by atoms with van der Waals surface area (Å²) in [6.07, 6.45) is 3.12. The van der Waals surface area contributed by atoms with Crippen molar-refractivity contribution < 1.29 is 9.53 Å². The Balaban J connectivity index is 3.01. The first-order valence-corrected chi connectivity index (χ1v) is 6.99. The molecule has 0 unspecified atom stereocenters. The normalized spacial score (nSPS) is 10.8. The van der Waals surface area contributed by atoms with Crippen LogP contribution in [0.3, 0.4) is 0 Å². The Kier molecular flexibility index (Phi) is 6.57. The maximum absolute atomic E-state index is 10.9. The summed E-state index contributed by atoms with van der Waals surface area (Å²) >= 11 is 0. The van der Waals surface area contributed by atoms with Gasteiger partial charge in [0.2, 0.25) is 0 Å². The Morgan fingerprint density at radius 1 is 1.32 bits per heavy atom. The fraction of sp³-hybridized carbons (Fsp3) is 0.562. The molecule has 0 aromatic heterocycles. The average molecular weight is 263 g/mol. The molecule has 1 aromatic rings. The Bertz CT molecular complexity index is 400. The highest BCUT2D eigenvalue weighted by Gasteiger charge is 2.16. The maximum atomic E-state index is 10.9. The van der Waals surface area contributed by atoms with Crippen molar-refractivity contribution in [2.75, 3.05) is 25.2 Å². The molecule has 0 aliphatic rings. The van der Waals surface area contributed by atoms with Crippen LogP contribution in [0.5, 0.6) is 0 Å². The molecule has 0 aliphatic heterocycles. The molecule has 1 aromatic carbocycles. The standard InChI is InChI=1S/C16H25NO2/c1-5-15(6-2)17(9-10-19-4)16-8-7-14(12-18)13(3)11-16/h7-8,11-12,15H,5-6,9-10H2,1-4H3. The molecule has 0 amide bonds. The number of methoxy groups -OCH3 is 1. The zero-order chi connectivity index (χ0) is 14.3. The maximum Gasteiger partial charge on any atom is 0.150 e. The lowest BCUT2D eigenvalue weighted by molar-refractivity contribution is 0.112. The van der Waals surface area contributed by atoms with E-state index in [0.717, 1.165) is 36.8 Å². The number of carbonyl (C=O) groups is 1. The number of anilines is 1. The van der Waals surface area contributed by atoms with Crippen LogP contribution < -0.4 is 4.90 Å². The van der Waals surface area contributed by atoms with E-state index in [1.807, 2.05) is 19.1 Å². The van der Waals surface area contributed by atoms with Gasteiger partial charge in [-0.25, -0.2) is 0 Å². The molecule has 0 aliphatic carbocycles. The minimum Gasteiger partial charge on any atom is -0.383 e. The molecule has 106 valence electrons. The second-order valence-electron chi connectivity index (χ2n) is 4.82. The van der Waals surface area contributed by atoms with Crippen LogP contribution in [0.4, 0.5) is 5.69 Å². The fourth-order valence-corrected chi connectivity index (χ4v) is 2.41. The summed E-state index contributed by atoms with van der Waals surface area (Å²) < 4.78 is 5.21. The molecule has 0 N–H and O–H groups in total. The van der Waals surface area contributed by atoms with Gasteiger partial charge in [0, 0.05) is 30.9 Å². The van der Waals surface area contributed by atoms with Crippen LogP contribution in [0.1, 0.15) is 42.6 Å². The van der Waals surface area contributed by atoms with E-state index in [1.54, 1.807) is 7.11 Å². The predicted octanol–water partition coefficient (Wildman–Crippen LogP) is 3.45. The molecule has 0 fully saturated rings. The van der Waals surface area contributed by atoms with Gasteiger partial charge in [0.15, 0.2) is 0 Å². The van der Waals surface area contributed by atoms with Crippen LogP contribution in [0, 0.1) is 6.92 Å². The first kappa shape index (κ1) is 15.7. The van der Waals surface area contributed by atoms with Crippen molar-refractivity contribution in [3.8, 4) is 0 Å². The zero-order valence-electron chi connectivity index (χ0n) is 12.5. The third-order valence-corrected chi connectivity index (χ3v) is 3.63. The summed E-state index contributed by atoms with van der Waals surface area (Å²) in [7, 11) is 1.73. The fourth-order valence-electron chi connectivity index (χ4n) is 2.41. The number of benzene rings is 1. The molecule has 1 rings (SSSR count). The summed E-state index contributed by atoms with van der Waals surface area (Å²) in [5.74, 6) is 0. The minimum atomic E-state index is 0.511. The number of aryl methyl sites for hydroxylation is 1. The van der Waals surface area contributed by atoms with E-state index in [0.29, 0.717) is 12.6 Å². The van der Waals surface area contributed by atoms with Gasteiger partial charge in [-0.3, -0.25) is 4.79 Å². The van der Waals surface area contributed by atoms with Crippen molar-refractivity contribution in [3.05, 3.63) is 29.3 Å². The van der Waals surface area contributed by atoms with Crippen LogP contribution in [-0.4, -0.2) is 32.6 Å². The molecular formula is C16H25NO2. The number of carbonyl (C=O) groups excluding carboxylic acids is 1. The Morgan fingerprint density at radius 3 is 2.47 bits per heavy atom. The predicted molar refractivity (Wildman–Crippen MR) is 80.2 cm³/mol. The van der Waals surface area contributed by atoms with Crippen molar-refractivity contribution in [1.29, 1.82) is 0 Å². The van der Waals surface area contributed by atoms with Crippen molar-refractivity contribution in [2.24, 2.45) is 0 Å². The lowest BCUT2D eigenvalue weighted by Gasteiger charge is -2.33. The SMILES string of the molecule is CCC(CC)N(CCOC)c1ccc(C=O)c(C)c1. The summed E-state index contributed by atoms with van der Waals surface area (Å²) in [6, 6.07) is 6.54. The molecule has 0 radical (unpaired) electrons. The second-order valence-corrected chi connectivity index (χ2v) is 4.82. The van der Waals surface area contributed by atoms with E-state index in [2.05, 4.69) is 24.8 Å². The van der Waals surface area contributed by atoms with Crippen molar-refractivity contribution in [2.45, 2.75) is 39.7 Å². The molecule has 3 heteroatoms. The van der Waals surface area contributed by atoms with E-state index >= 15 is 0 Å². The van der Waals surface area contributed by atoms with E-state index in [9.17, 15) is 4.79 Å². The summed E-state index contributed by atoms with van der Waals surface area (Å²) in [6.45, 7) is 7.99. The topological polar surface area (TPSA) is 29.5 Å². The van der Waals surface area contributed by atoms with Crippen LogP contribution in [0.2, 0.25) is 0 Å². The average Bonchev–Trinajstić information content (AvgIpc) is 2.43. The molecule has 0 saturated carbocycles. The number of hydrogen-bond donors (Lipinski definition) is 0. The van der Waals surface area contributed by atoms with Crippen molar-refractivity contribution >= 4 is 12.0 Å². The second kappa shape index (κ2) is 7.95. The van der Waals surface area contributed by atoms with Crippen molar-refractivity contribution in [3.63, 3.8) is 0 Å². The van der Waals surface area contributed by atoms with Gasteiger partial charge in [-0.05, 0) is 43.5 Å². The highest BCUT2D eigenvalue weighted by atomic mass is 16.5. The summed E-state index contributed by atoms with van der Waals surface area (Å²) in [5, 5.41) is 0. The molecule has 0 heterocycles. The van der Waals surface area contributed by atoms with Crippen LogP contribution >= 0.6 is 0 Å². The highest BCUT2D eigenvalue weighted by Crippen LogP contribution is 2.23. The Morgan fingerprint density at radius 2 is 2.00 bits per heavy atom. The lowest BCUT2D eigenvalue weighted by Crippen LogP contribution is -2.37. The quantitative estimate of drug-likeness (QED) is 0.673. The van der Waals surface area contributed by atoms with E-state index in [1.165, 1.54) is 5.69 Å². The first-order chi connectivity index (χ1) is 9.17. The molecule has 0 saturated heterocycles. The molecule has 3 nitrogen and oxygen atoms in total. The van der Waals surface area contributed by atoms with Gasteiger partial charge >= 0.3 is 0 Å². The van der Waals surface area contributed by atoms with Crippen LogP contribution in [0.25, 0.3) is 0 Å².